The van der Waals surface area contributed by atoms with E-state index in [0.717, 1.165) is 21.9 Å². The highest BCUT2D eigenvalue weighted by atomic mass is 16.5. The molecule has 3 N–H and O–H groups in total. The van der Waals surface area contributed by atoms with Crippen LogP contribution in [0.2, 0.25) is 0 Å². The van der Waals surface area contributed by atoms with Gasteiger partial charge in [0.15, 0.2) is 23.0 Å². The second-order valence-corrected chi connectivity index (χ2v) is 6.80. The molecule has 0 radical (unpaired) electrons. The van der Waals surface area contributed by atoms with E-state index in [2.05, 4.69) is 12.6 Å². The Morgan fingerprint density at radius 3 is 2.32 bits per heavy atom. The Morgan fingerprint density at radius 1 is 0.714 bits per heavy atom. The second-order valence-electron chi connectivity index (χ2n) is 6.80. The first-order chi connectivity index (χ1) is 13.5. The van der Waals surface area contributed by atoms with Crippen LogP contribution < -0.4 is 15.2 Å². The van der Waals surface area contributed by atoms with Crippen molar-refractivity contribution in [3.05, 3.63) is 88.3 Å². The topological polar surface area (TPSA) is 69.9 Å². The molecule has 5 rings (SSSR count). The third kappa shape index (κ3) is 2.25. The highest BCUT2D eigenvalue weighted by Gasteiger charge is 2.26. The van der Waals surface area contributed by atoms with Crippen LogP contribution in [0.5, 0.6) is 28.7 Å². The van der Waals surface area contributed by atoms with Crippen LogP contribution in [0, 0.1) is 0 Å². The molecule has 0 saturated heterocycles. The standard InChI is InChI=1S/C24H16O4/c1-13-6-9-17-20(16-8-7-14-4-2-3-5-15(14)12-16)18-10-11-19(25)22(27)24(18)28-23(17)21(13)26/h2-12,25-27H,1H2. The molecule has 1 heterocycles. The molecule has 0 amide bonds. The summed E-state index contributed by atoms with van der Waals surface area (Å²) in [7, 11) is 0. The van der Waals surface area contributed by atoms with Gasteiger partial charge in [-0.25, -0.2) is 0 Å². The lowest BCUT2D eigenvalue weighted by atomic mass is 9.91. The van der Waals surface area contributed by atoms with Crippen LogP contribution in [-0.2, 0) is 0 Å². The Hall–Kier alpha value is -3.92. The van der Waals surface area contributed by atoms with Gasteiger partial charge in [-0.3, -0.25) is 0 Å². The van der Waals surface area contributed by atoms with Gasteiger partial charge in [0, 0.05) is 21.6 Å². The molecule has 0 aliphatic carbocycles. The quantitative estimate of drug-likeness (QED) is 0.395. The summed E-state index contributed by atoms with van der Waals surface area (Å²) >= 11 is 0. The molecule has 0 saturated carbocycles. The van der Waals surface area contributed by atoms with Crippen LogP contribution in [0.3, 0.4) is 0 Å². The maximum atomic E-state index is 10.5. The van der Waals surface area contributed by atoms with Crippen molar-refractivity contribution in [1.82, 2.24) is 0 Å². The Morgan fingerprint density at radius 2 is 1.50 bits per heavy atom. The third-order valence-electron chi connectivity index (χ3n) is 5.11. The molecule has 4 aromatic carbocycles. The van der Waals surface area contributed by atoms with E-state index in [0.29, 0.717) is 16.0 Å². The molecule has 4 heteroatoms. The summed E-state index contributed by atoms with van der Waals surface area (Å²) in [5, 5.41) is 34.1. The minimum absolute atomic E-state index is 0.0933. The summed E-state index contributed by atoms with van der Waals surface area (Å²) in [6.07, 6.45) is 0. The first kappa shape index (κ1) is 16.3. The van der Waals surface area contributed by atoms with Gasteiger partial charge in [0.2, 0.25) is 5.75 Å². The second kappa shape index (κ2) is 5.79. The van der Waals surface area contributed by atoms with Crippen molar-refractivity contribution in [1.29, 1.82) is 0 Å². The number of benzene rings is 4. The lowest BCUT2D eigenvalue weighted by molar-refractivity contribution is 0.357. The van der Waals surface area contributed by atoms with Crippen molar-refractivity contribution in [3.63, 3.8) is 0 Å². The minimum atomic E-state index is -0.365. The average molecular weight is 368 g/mol. The Kier molecular flexibility index (Phi) is 3.36. The predicted molar refractivity (Wildman–Crippen MR) is 108 cm³/mol. The summed E-state index contributed by atoms with van der Waals surface area (Å²) in [6, 6.07) is 20.8. The Labute approximate surface area is 160 Å². The predicted octanol–water partition coefficient (Wildman–Crippen LogP) is 3.72. The highest BCUT2D eigenvalue weighted by molar-refractivity contribution is 5.92. The number of fused-ring (bicyclic) bond motifs is 3. The average Bonchev–Trinajstić information content (AvgIpc) is 2.72. The third-order valence-corrected chi connectivity index (χ3v) is 5.11. The molecule has 28 heavy (non-hydrogen) atoms. The molecule has 0 atom stereocenters. The number of hydrogen-bond acceptors (Lipinski definition) is 4. The van der Waals surface area contributed by atoms with Gasteiger partial charge in [-0.15, -0.1) is 0 Å². The smallest absolute Gasteiger partial charge is 0.201 e. The van der Waals surface area contributed by atoms with Gasteiger partial charge in [0.1, 0.15) is 0 Å². The molecule has 1 aliphatic heterocycles. The van der Waals surface area contributed by atoms with Crippen molar-refractivity contribution in [2.75, 3.05) is 0 Å². The van der Waals surface area contributed by atoms with Crippen LogP contribution in [0.4, 0.5) is 0 Å². The SMILES string of the molecule is C=c1ccc2c(c1O)Oc1c(ccc(O)c1O)C=2c1ccc2ccccc2c1. The molecule has 1 aliphatic rings. The number of rotatable bonds is 1. The lowest BCUT2D eigenvalue weighted by Gasteiger charge is -2.23. The van der Waals surface area contributed by atoms with Crippen molar-refractivity contribution in [2.24, 2.45) is 0 Å². The molecule has 0 fully saturated rings. The molecule has 136 valence electrons. The summed E-state index contributed by atoms with van der Waals surface area (Å²) in [5.74, 6) is -0.426. The maximum Gasteiger partial charge on any atom is 0.201 e. The first-order valence-electron chi connectivity index (χ1n) is 8.82. The fourth-order valence-electron chi connectivity index (χ4n) is 3.68. The van der Waals surface area contributed by atoms with Crippen LogP contribution in [0.1, 0.15) is 11.1 Å². The first-order valence-corrected chi connectivity index (χ1v) is 8.82. The fraction of sp³-hybridized carbons (Fsp3) is 0. The van der Waals surface area contributed by atoms with Gasteiger partial charge in [0.25, 0.3) is 0 Å². The number of ether oxygens (including phenoxy) is 1. The van der Waals surface area contributed by atoms with Gasteiger partial charge in [-0.2, -0.15) is 0 Å². The van der Waals surface area contributed by atoms with Crippen molar-refractivity contribution in [3.8, 4) is 28.7 Å². The summed E-state index contributed by atoms with van der Waals surface area (Å²) < 4.78 is 5.82. The zero-order valence-corrected chi connectivity index (χ0v) is 14.8. The zero-order valence-electron chi connectivity index (χ0n) is 14.8. The van der Waals surface area contributed by atoms with E-state index >= 15 is 0 Å². The zero-order chi connectivity index (χ0) is 19.4. The summed E-state index contributed by atoms with van der Waals surface area (Å²) in [6.45, 7) is 3.81. The monoisotopic (exact) mass is 368 g/mol. The largest absolute Gasteiger partial charge is 0.504 e. The lowest BCUT2D eigenvalue weighted by Crippen LogP contribution is -2.20. The summed E-state index contributed by atoms with van der Waals surface area (Å²) in [5.41, 5.74) is 2.34. The van der Waals surface area contributed by atoms with Crippen molar-refractivity contribution >= 4 is 22.9 Å². The van der Waals surface area contributed by atoms with E-state index in [1.807, 2.05) is 42.5 Å². The van der Waals surface area contributed by atoms with E-state index in [9.17, 15) is 15.3 Å². The van der Waals surface area contributed by atoms with E-state index in [-0.39, 0.29) is 28.7 Å². The highest BCUT2D eigenvalue weighted by Crippen LogP contribution is 2.47. The van der Waals surface area contributed by atoms with Crippen LogP contribution in [0.25, 0.3) is 22.9 Å². The molecule has 0 bridgehead atoms. The number of aromatic hydroxyl groups is 3. The molecule has 0 aromatic heterocycles. The van der Waals surface area contributed by atoms with Gasteiger partial charge in [0.05, 0.1) is 0 Å². The summed E-state index contributed by atoms with van der Waals surface area (Å²) in [4.78, 5) is 0. The van der Waals surface area contributed by atoms with Gasteiger partial charge in [-0.1, -0.05) is 49.0 Å². The van der Waals surface area contributed by atoms with Crippen LogP contribution in [0.15, 0.2) is 66.7 Å². The molecular weight excluding hydrogens is 352 g/mol. The van der Waals surface area contributed by atoms with Gasteiger partial charge < -0.3 is 20.1 Å². The van der Waals surface area contributed by atoms with Gasteiger partial charge in [-0.05, 0) is 40.6 Å². The molecule has 0 spiro atoms. The van der Waals surface area contributed by atoms with E-state index in [1.54, 1.807) is 12.1 Å². The van der Waals surface area contributed by atoms with E-state index < -0.39 is 0 Å². The minimum Gasteiger partial charge on any atom is -0.504 e. The van der Waals surface area contributed by atoms with Crippen molar-refractivity contribution in [2.45, 2.75) is 0 Å². The maximum absolute atomic E-state index is 10.5. The van der Waals surface area contributed by atoms with E-state index in [4.69, 9.17) is 4.74 Å². The number of hydrogen-bond donors (Lipinski definition) is 3. The fourth-order valence-corrected chi connectivity index (χ4v) is 3.68. The Balaban J connectivity index is 1.93. The number of phenols is 3. The normalized spacial score (nSPS) is 12.4. The molecule has 0 unspecified atom stereocenters. The molecule has 4 aromatic rings. The van der Waals surface area contributed by atoms with Crippen LogP contribution in [-0.4, -0.2) is 15.3 Å². The van der Waals surface area contributed by atoms with Gasteiger partial charge >= 0.3 is 0 Å². The van der Waals surface area contributed by atoms with Crippen molar-refractivity contribution < 1.29 is 20.1 Å². The molecular formula is C24H16O4. The van der Waals surface area contributed by atoms with E-state index in [1.165, 1.54) is 6.07 Å². The Bertz CT molecular complexity index is 1390. The number of phenolic OH excluding ortho intramolecular Hbond substituents is 3. The van der Waals surface area contributed by atoms with Crippen LogP contribution >= 0.6 is 0 Å². The molecule has 4 nitrogen and oxygen atoms in total.